The number of carbonyl (C=O) groups is 1. The fourth-order valence-corrected chi connectivity index (χ4v) is 3.73. The van der Waals surface area contributed by atoms with E-state index in [2.05, 4.69) is 15.5 Å². The fraction of sp³-hybridized carbons (Fsp3) is 0.158. The number of carbonyl (C=O) groups excluding carboxylic acids is 1. The molecule has 1 N–H and O–H groups in total. The van der Waals surface area contributed by atoms with Crippen molar-refractivity contribution in [2.75, 3.05) is 11.1 Å². The number of halogens is 1. The number of nitrogens with zero attached hydrogens (tertiary/aromatic N) is 4. The molecule has 2 heterocycles. The summed E-state index contributed by atoms with van der Waals surface area (Å²) in [4.78, 5) is 24.9. The Kier molecular flexibility index (Phi) is 4.82. The minimum atomic E-state index is -0.494. The lowest BCUT2D eigenvalue weighted by Crippen LogP contribution is -2.22. The molecule has 0 radical (unpaired) electrons. The predicted molar refractivity (Wildman–Crippen MR) is 106 cm³/mol. The van der Waals surface area contributed by atoms with Crippen LogP contribution in [0.3, 0.4) is 0 Å². The molecule has 0 aliphatic carbocycles. The first-order valence-electron chi connectivity index (χ1n) is 8.64. The largest absolute Gasteiger partial charge is 0.323 e. The predicted octanol–water partition coefficient (Wildman–Crippen LogP) is 2.93. The van der Waals surface area contributed by atoms with Gasteiger partial charge in [-0.2, -0.15) is 0 Å². The number of aryl methyl sites for hydroxylation is 1. The van der Waals surface area contributed by atoms with Crippen LogP contribution in [0.15, 0.2) is 58.5 Å². The van der Waals surface area contributed by atoms with Crippen LogP contribution in [0.2, 0.25) is 0 Å². The minimum Gasteiger partial charge on any atom is -0.323 e. The number of aromatic nitrogens is 4. The number of para-hydroxylation sites is 2. The van der Waals surface area contributed by atoms with Crippen molar-refractivity contribution in [3.63, 3.8) is 0 Å². The second-order valence-electron chi connectivity index (χ2n) is 6.00. The number of rotatable bonds is 5. The molecule has 0 saturated heterocycles. The Morgan fingerprint density at radius 1 is 1.14 bits per heavy atom. The molecule has 2 aromatic carbocycles. The Morgan fingerprint density at radius 2 is 1.89 bits per heavy atom. The Bertz CT molecular complexity index is 1250. The maximum atomic E-state index is 13.7. The first kappa shape index (κ1) is 18.2. The number of amides is 1. The van der Waals surface area contributed by atoms with E-state index in [1.165, 1.54) is 23.9 Å². The van der Waals surface area contributed by atoms with Gasteiger partial charge in [0.2, 0.25) is 11.7 Å². The molecule has 9 heteroatoms. The van der Waals surface area contributed by atoms with Crippen LogP contribution < -0.4 is 10.9 Å². The van der Waals surface area contributed by atoms with Gasteiger partial charge in [-0.15, -0.1) is 10.2 Å². The first-order chi connectivity index (χ1) is 13.6. The van der Waals surface area contributed by atoms with Gasteiger partial charge in [-0.25, -0.2) is 4.39 Å². The zero-order valence-electron chi connectivity index (χ0n) is 14.9. The van der Waals surface area contributed by atoms with Crippen LogP contribution in [0.25, 0.3) is 16.7 Å². The molecule has 1 amide bonds. The van der Waals surface area contributed by atoms with Gasteiger partial charge in [0.05, 0.1) is 22.3 Å². The molecule has 0 aliphatic rings. The molecule has 4 aromatic rings. The number of nitrogens with one attached hydrogen (secondary N) is 1. The van der Waals surface area contributed by atoms with Gasteiger partial charge < -0.3 is 5.32 Å². The van der Waals surface area contributed by atoms with Crippen LogP contribution >= 0.6 is 11.8 Å². The maximum absolute atomic E-state index is 13.7. The van der Waals surface area contributed by atoms with Crippen molar-refractivity contribution in [1.29, 1.82) is 0 Å². The van der Waals surface area contributed by atoms with Gasteiger partial charge in [0.25, 0.3) is 5.56 Å². The second-order valence-corrected chi connectivity index (χ2v) is 6.94. The third kappa shape index (κ3) is 3.13. The highest BCUT2D eigenvalue weighted by molar-refractivity contribution is 7.99. The average molecular weight is 397 g/mol. The number of hydrogen-bond donors (Lipinski definition) is 1. The van der Waals surface area contributed by atoms with Crippen LogP contribution in [0, 0.1) is 5.82 Å². The van der Waals surface area contributed by atoms with E-state index in [1.807, 2.05) is 19.1 Å². The van der Waals surface area contributed by atoms with Gasteiger partial charge in [-0.3, -0.25) is 18.6 Å². The number of benzene rings is 2. The summed E-state index contributed by atoms with van der Waals surface area (Å²) in [6.07, 6.45) is 0. The quantitative estimate of drug-likeness (QED) is 0.524. The van der Waals surface area contributed by atoms with Crippen molar-refractivity contribution in [2.24, 2.45) is 0 Å². The highest BCUT2D eigenvalue weighted by Gasteiger charge is 2.17. The van der Waals surface area contributed by atoms with E-state index in [9.17, 15) is 14.0 Å². The van der Waals surface area contributed by atoms with Gasteiger partial charge in [-0.1, -0.05) is 36.0 Å². The average Bonchev–Trinajstić information content (AvgIpc) is 3.13. The molecule has 0 fully saturated rings. The fourth-order valence-electron chi connectivity index (χ4n) is 2.99. The molecule has 0 saturated carbocycles. The third-order valence-corrected chi connectivity index (χ3v) is 5.20. The summed E-state index contributed by atoms with van der Waals surface area (Å²) in [5, 5.41) is 11.9. The molecule has 0 bridgehead atoms. The van der Waals surface area contributed by atoms with E-state index in [0.29, 0.717) is 28.4 Å². The van der Waals surface area contributed by atoms with Crippen LogP contribution in [-0.4, -0.2) is 30.8 Å². The molecule has 142 valence electrons. The van der Waals surface area contributed by atoms with Crippen molar-refractivity contribution in [3.05, 3.63) is 64.7 Å². The van der Waals surface area contributed by atoms with Crippen molar-refractivity contribution in [3.8, 4) is 0 Å². The standard InChI is InChI=1S/C19H16FN5O2S/c1-2-24-17(27)12-7-3-6-10-15(12)25-18(24)22-23-19(25)28-11-16(26)21-14-9-5-4-8-13(14)20/h3-10H,2,11H2,1H3,(H,21,26). The van der Waals surface area contributed by atoms with E-state index in [1.54, 1.807) is 33.2 Å². The number of fused-ring (bicyclic) bond motifs is 3. The second kappa shape index (κ2) is 7.43. The Labute approximate surface area is 163 Å². The molecular weight excluding hydrogens is 381 g/mol. The molecular formula is C19H16FN5O2S. The minimum absolute atomic E-state index is 0.0225. The van der Waals surface area contributed by atoms with E-state index >= 15 is 0 Å². The summed E-state index contributed by atoms with van der Waals surface area (Å²) in [5.74, 6) is -0.413. The SMILES string of the molecule is CCn1c(=O)c2ccccc2n2c(SCC(=O)Nc3ccccc3F)nnc12. The summed E-state index contributed by atoms with van der Waals surface area (Å²) in [7, 11) is 0. The summed E-state index contributed by atoms with van der Waals surface area (Å²) in [6.45, 7) is 2.31. The Balaban J connectivity index is 1.67. The van der Waals surface area contributed by atoms with Gasteiger partial charge in [0.1, 0.15) is 5.82 Å². The molecule has 0 spiro atoms. The number of anilines is 1. The summed E-state index contributed by atoms with van der Waals surface area (Å²) in [6, 6.07) is 13.2. The van der Waals surface area contributed by atoms with E-state index in [0.717, 1.165) is 0 Å². The Morgan fingerprint density at radius 3 is 2.68 bits per heavy atom. The third-order valence-electron chi connectivity index (χ3n) is 4.27. The van der Waals surface area contributed by atoms with E-state index < -0.39 is 5.82 Å². The zero-order chi connectivity index (χ0) is 19.7. The summed E-state index contributed by atoms with van der Waals surface area (Å²) in [5.41, 5.74) is 0.672. The molecule has 2 aromatic heterocycles. The van der Waals surface area contributed by atoms with Crippen LogP contribution in [0.5, 0.6) is 0 Å². The maximum Gasteiger partial charge on any atom is 0.262 e. The van der Waals surface area contributed by atoms with Crippen molar-refractivity contribution in [1.82, 2.24) is 19.2 Å². The molecule has 4 rings (SSSR count). The molecule has 0 atom stereocenters. The number of thioether (sulfide) groups is 1. The molecule has 0 aliphatic heterocycles. The normalized spacial score (nSPS) is 11.2. The summed E-state index contributed by atoms with van der Waals surface area (Å²) >= 11 is 1.17. The van der Waals surface area contributed by atoms with Gasteiger partial charge in [-0.05, 0) is 31.2 Å². The molecule has 7 nitrogen and oxygen atoms in total. The van der Waals surface area contributed by atoms with Gasteiger partial charge in [0, 0.05) is 6.54 Å². The lowest BCUT2D eigenvalue weighted by Gasteiger charge is -2.09. The lowest BCUT2D eigenvalue weighted by atomic mass is 10.2. The van der Waals surface area contributed by atoms with Gasteiger partial charge in [0.15, 0.2) is 5.16 Å². The first-order valence-corrected chi connectivity index (χ1v) is 9.62. The highest BCUT2D eigenvalue weighted by Crippen LogP contribution is 2.22. The summed E-state index contributed by atoms with van der Waals surface area (Å²) < 4.78 is 17.0. The lowest BCUT2D eigenvalue weighted by molar-refractivity contribution is -0.113. The van der Waals surface area contributed by atoms with Crippen molar-refractivity contribution in [2.45, 2.75) is 18.6 Å². The van der Waals surface area contributed by atoms with E-state index in [-0.39, 0.29) is 22.9 Å². The van der Waals surface area contributed by atoms with E-state index in [4.69, 9.17) is 0 Å². The highest BCUT2D eigenvalue weighted by atomic mass is 32.2. The molecule has 0 unspecified atom stereocenters. The van der Waals surface area contributed by atoms with Crippen molar-refractivity contribution >= 4 is 40.0 Å². The van der Waals surface area contributed by atoms with Crippen LogP contribution in [0.1, 0.15) is 6.92 Å². The Hall–Kier alpha value is -3.20. The topological polar surface area (TPSA) is 81.3 Å². The smallest absolute Gasteiger partial charge is 0.262 e. The van der Waals surface area contributed by atoms with Crippen LogP contribution in [0.4, 0.5) is 10.1 Å². The number of hydrogen-bond acceptors (Lipinski definition) is 5. The van der Waals surface area contributed by atoms with Crippen molar-refractivity contribution < 1.29 is 9.18 Å². The monoisotopic (exact) mass is 397 g/mol. The van der Waals surface area contributed by atoms with Crippen LogP contribution in [-0.2, 0) is 11.3 Å². The molecule has 28 heavy (non-hydrogen) atoms. The zero-order valence-corrected chi connectivity index (χ0v) is 15.7. The van der Waals surface area contributed by atoms with Gasteiger partial charge >= 0.3 is 0 Å².